The number of Topliss-reactive ketones (excluding diaryl/α,β-unsaturated/α-hetero) is 1. The summed E-state index contributed by atoms with van der Waals surface area (Å²) in [6.07, 6.45) is 0.128. The zero-order valence-electron chi connectivity index (χ0n) is 9.00. The molecular formula is C11H9Cl2NO3. The van der Waals surface area contributed by atoms with Crippen LogP contribution in [0.2, 0.25) is 10.0 Å². The topological polar surface area (TPSA) is 46.6 Å². The zero-order chi connectivity index (χ0) is 12.6. The minimum atomic E-state index is -0.286. The van der Waals surface area contributed by atoms with Gasteiger partial charge in [-0.25, -0.2) is 0 Å². The second kappa shape index (κ2) is 4.55. The van der Waals surface area contributed by atoms with E-state index >= 15 is 0 Å². The van der Waals surface area contributed by atoms with Gasteiger partial charge < -0.3 is 4.84 Å². The van der Waals surface area contributed by atoms with Crippen molar-refractivity contribution in [3.05, 3.63) is 27.7 Å². The lowest BCUT2D eigenvalue weighted by Gasteiger charge is -2.28. The summed E-state index contributed by atoms with van der Waals surface area (Å²) >= 11 is 11.8. The Balaban J connectivity index is 2.34. The molecule has 0 bridgehead atoms. The molecule has 0 spiro atoms. The van der Waals surface area contributed by atoms with Crippen LogP contribution in [0, 0.1) is 0 Å². The number of nitrogens with zero attached hydrogens (tertiary/aromatic N) is 1. The fourth-order valence-electron chi connectivity index (χ4n) is 1.58. The SMILES string of the molecule is CC(=O)CN1Oc2c(Cl)cc(Cl)cc2CC1=O. The van der Waals surface area contributed by atoms with Gasteiger partial charge in [-0.3, -0.25) is 9.59 Å². The number of carbonyl (C=O) groups excluding carboxylic acids is 2. The molecule has 0 aliphatic carbocycles. The Kier molecular flexibility index (Phi) is 3.26. The van der Waals surface area contributed by atoms with Crippen molar-refractivity contribution < 1.29 is 14.4 Å². The number of hydrogen-bond acceptors (Lipinski definition) is 3. The molecule has 0 saturated heterocycles. The maximum Gasteiger partial charge on any atom is 0.260 e. The molecule has 0 unspecified atom stereocenters. The number of hydroxylamine groups is 2. The fourth-order valence-corrected chi connectivity index (χ4v) is 2.15. The largest absolute Gasteiger partial charge is 0.375 e. The third kappa shape index (κ3) is 2.53. The van der Waals surface area contributed by atoms with Crippen LogP contribution in [-0.2, 0) is 16.0 Å². The lowest BCUT2D eigenvalue weighted by molar-refractivity contribution is -0.162. The van der Waals surface area contributed by atoms with Gasteiger partial charge in [0.25, 0.3) is 5.91 Å². The average molecular weight is 274 g/mol. The summed E-state index contributed by atoms with van der Waals surface area (Å²) in [6.45, 7) is 1.30. The molecule has 0 aromatic heterocycles. The van der Waals surface area contributed by atoms with Gasteiger partial charge in [0.2, 0.25) is 0 Å². The van der Waals surface area contributed by atoms with E-state index in [1.54, 1.807) is 6.07 Å². The highest BCUT2D eigenvalue weighted by atomic mass is 35.5. The summed E-state index contributed by atoms with van der Waals surface area (Å²) < 4.78 is 0. The first kappa shape index (κ1) is 12.2. The quantitative estimate of drug-likeness (QED) is 0.831. The molecule has 1 amide bonds. The van der Waals surface area contributed by atoms with Crippen molar-refractivity contribution in [3.63, 3.8) is 0 Å². The summed E-state index contributed by atoms with van der Waals surface area (Å²) in [7, 11) is 0. The first-order valence-electron chi connectivity index (χ1n) is 4.93. The van der Waals surface area contributed by atoms with Crippen LogP contribution in [0.5, 0.6) is 5.75 Å². The van der Waals surface area contributed by atoms with Crippen LogP contribution in [-0.4, -0.2) is 23.3 Å². The van der Waals surface area contributed by atoms with Gasteiger partial charge in [-0.05, 0) is 19.1 Å². The lowest BCUT2D eigenvalue weighted by Crippen LogP contribution is -2.41. The van der Waals surface area contributed by atoms with Gasteiger partial charge in [0.1, 0.15) is 6.54 Å². The molecule has 90 valence electrons. The number of hydrogen-bond donors (Lipinski definition) is 0. The molecule has 0 N–H and O–H groups in total. The molecule has 17 heavy (non-hydrogen) atoms. The molecule has 1 aliphatic heterocycles. The molecule has 1 heterocycles. The van der Waals surface area contributed by atoms with Crippen LogP contribution in [0.1, 0.15) is 12.5 Å². The van der Waals surface area contributed by atoms with Gasteiger partial charge in [0, 0.05) is 10.6 Å². The van der Waals surface area contributed by atoms with Crippen molar-refractivity contribution in [2.45, 2.75) is 13.3 Å². The first-order valence-corrected chi connectivity index (χ1v) is 5.68. The van der Waals surface area contributed by atoms with E-state index in [0.717, 1.165) is 5.06 Å². The number of halogens is 2. The predicted molar refractivity (Wildman–Crippen MR) is 63.2 cm³/mol. The highest BCUT2D eigenvalue weighted by molar-refractivity contribution is 6.35. The van der Waals surface area contributed by atoms with Gasteiger partial charge >= 0.3 is 0 Å². The second-order valence-corrected chi connectivity index (χ2v) is 4.62. The van der Waals surface area contributed by atoms with Crippen LogP contribution in [0.3, 0.4) is 0 Å². The molecule has 1 aromatic rings. The first-order chi connectivity index (χ1) is 7.97. The van der Waals surface area contributed by atoms with E-state index in [2.05, 4.69) is 0 Å². The van der Waals surface area contributed by atoms with E-state index in [1.165, 1.54) is 13.0 Å². The predicted octanol–water partition coefficient (Wildman–Crippen LogP) is 2.26. The van der Waals surface area contributed by atoms with Crippen molar-refractivity contribution in [2.24, 2.45) is 0 Å². The van der Waals surface area contributed by atoms with Gasteiger partial charge in [-0.1, -0.05) is 23.2 Å². The minimum absolute atomic E-state index is 0.0861. The molecule has 1 aliphatic rings. The Morgan fingerprint density at radius 1 is 1.47 bits per heavy atom. The summed E-state index contributed by atoms with van der Waals surface area (Å²) in [5.74, 6) is -0.0603. The van der Waals surface area contributed by atoms with E-state index in [-0.39, 0.29) is 24.7 Å². The fraction of sp³-hybridized carbons (Fsp3) is 0.273. The Labute approximate surface area is 108 Å². The molecular weight excluding hydrogens is 265 g/mol. The molecule has 6 heteroatoms. The van der Waals surface area contributed by atoms with E-state index in [1.807, 2.05) is 0 Å². The maximum absolute atomic E-state index is 11.7. The van der Waals surface area contributed by atoms with Crippen molar-refractivity contribution >= 4 is 34.9 Å². The number of rotatable bonds is 2. The van der Waals surface area contributed by atoms with Crippen molar-refractivity contribution in [2.75, 3.05) is 6.54 Å². The smallest absolute Gasteiger partial charge is 0.260 e. The van der Waals surface area contributed by atoms with Crippen LogP contribution >= 0.6 is 23.2 Å². The zero-order valence-corrected chi connectivity index (χ0v) is 10.5. The van der Waals surface area contributed by atoms with Gasteiger partial charge in [0.15, 0.2) is 11.5 Å². The van der Waals surface area contributed by atoms with Crippen LogP contribution < -0.4 is 4.84 Å². The standard InChI is InChI=1S/C11H9Cl2NO3/c1-6(15)5-14-10(16)3-7-2-8(12)4-9(13)11(7)17-14/h2,4H,3,5H2,1H3. The van der Waals surface area contributed by atoms with Crippen LogP contribution in [0.15, 0.2) is 12.1 Å². The van der Waals surface area contributed by atoms with Gasteiger partial charge in [-0.15, -0.1) is 0 Å². The van der Waals surface area contributed by atoms with E-state index in [4.69, 9.17) is 28.0 Å². The van der Waals surface area contributed by atoms with Gasteiger partial charge in [0.05, 0.1) is 11.4 Å². The van der Waals surface area contributed by atoms with Crippen LogP contribution in [0.4, 0.5) is 0 Å². The third-order valence-electron chi connectivity index (χ3n) is 2.27. The van der Waals surface area contributed by atoms with Gasteiger partial charge in [-0.2, -0.15) is 5.06 Å². The number of carbonyl (C=O) groups is 2. The second-order valence-electron chi connectivity index (χ2n) is 3.78. The number of ketones is 1. The minimum Gasteiger partial charge on any atom is -0.375 e. The summed E-state index contributed by atoms with van der Waals surface area (Å²) in [5.41, 5.74) is 0.632. The number of benzene rings is 1. The Morgan fingerprint density at radius 2 is 2.18 bits per heavy atom. The summed E-state index contributed by atoms with van der Waals surface area (Å²) in [5, 5.41) is 1.79. The Bertz CT molecular complexity index is 502. The number of amides is 1. The Morgan fingerprint density at radius 3 is 2.82 bits per heavy atom. The normalized spacial score (nSPS) is 14.3. The molecule has 4 nitrogen and oxygen atoms in total. The molecule has 0 radical (unpaired) electrons. The van der Waals surface area contributed by atoms with E-state index in [9.17, 15) is 9.59 Å². The molecule has 2 rings (SSSR count). The molecule has 0 saturated carbocycles. The molecule has 0 atom stereocenters. The molecule has 0 fully saturated rings. The Hall–Kier alpha value is -1.26. The average Bonchev–Trinajstić information content (AvgIpc) is 2.19. The van der Waals surface area contributed by atoms with E-state index < -0.39 is 0 Å². The van der Waals surface area contributed by atoms with Crippen LogP contribution in [0.25, 0.3) is 0 Å². The van der Waals surface area contributed by atoms with Crippen molar-refractivity contribution in [1.82, 2.24) is 5.06 Å². The third-order valence-corrected chi connectivity index (χ3v) is 2.77. The summed E-state index contributed by atoms with van der Waals surface area (Å²) in [4.78, 5) is 28.0. The molecule has 1 aromatic carbocycles. The highest BCUT2D eigenvalue weighted by Gasteiger charge is 2.27. The highest BCUT2D eigenvalue weighted by Crippen LogP contribution is 2.35. The van der Waals surface area contributed by atoms with E-state index in [0.29, 0.717) is 21.4 Å². The maximum atomic E-state index is 11.7. The van der Waals surface area contributed by atoms with Crippen molar-refractivity contribution in [3.8, 4) is 5.75 Å². The van der Waals surface area contributed by atoms with Crippen molar-refractivity contribution in [1.29, 1.82) is 0 Å². The number of fused-ring (bicyclic) bond motifs is 1. The lowest BCUT2D eigenvalue weighted by atomic mass is 10.1. The summed E-state index contributed by atoms with van der Waals surface area (Å²) in [6, 6.07) is 3.16. The monoisotopic (exact) mass is 273 g/mol.